The average molecular weight is 450 g/mol. The van der Waals surface area contributed by atoms with E-state index in [1.807, 2.05) is 43.3 Å². The minimum Gasteiger partial charge on any atom is -0.496 e. The molecule has 2 aromatic carbocycles. The molecule has 1 aliphatic rings. The molecule has 4 rings (SSSR count). The Balaban J connectivity index is 1.56. The van der Waals surface area contributed by atoms with E-state index in [1.165, 1.54) is 18.4 Å². The van der Waals surface area contributed by atoms with Crippen LogP contribution < -0.4 is 10.1 Å². The quantitative estimate of drug-likeness (QED) is 0.307. The molecule has 0 saturated heterocycles. The normalized spacial score (nSPS) is 14.3. The van der Waals surface area contributed by atoms with Crippen LogP contribution in [-0.2, 0) is 4.79 Å². The fourth-order valence-electron chi connectivity index (χ4n) is 4.19. The molecule has 0 fully saturated rings. The first-order valence-corrected chi connectivity index (χ1v) is 11.4. The third-order valence-corrected chi connectivity index (χ3v) is 6.21. The number of halogens is 1. The number of carbonyl (C=O) groups excluding carboxylic acids is 1. The van der Waals surface area contributed by atoms with Crippen molar-refractivity contribution < 1.29 is 13.9 Å². The molecule has 1 heterocycles. The minimum absolute atomic E-state index is 0.0915. The summed E-state index contributed by atoms with van der Waals surface area (Å²) in [5, 5.41) is 4.66. The van der Waals surface area contributed by atoms with Gasteiger partial charge in [-0.25, -0.2) is 0 Å². The zero-order chi connectivity index (χ0) is 22.5. The van der Waals surface area contributed by atoms with Crippen LogP contribution in [0.15, 0.2) is 64.8 Å². The highest BCUT2D eigenvalue weighted by atomic mass is 35.5. The van der Waals surface area contributed by atoms with Gasteiger partial charge in [0.25, 0.3) is 0 Å². The smallest absolute Gasteiger partial charge is 0.244 e. The predicted molar refractivity (Wildman–Crippen MR) is 131 cm³/mol. The van der Waals surface area contributed by atoms with Gasteiger partial charge in [0, 0.05) is 40.2 Å². The van der Waals surface area contributed by atoms with Gasteiger partial charge in [-0.1, -0.05) is 35.4 Å². The largest absolute Gasteiger partial charge is 0.496 e. The van der Waals surface area contributed by atoms with Gasteiger partial charge in [0.15, 0.2) is 0 Å². The number of carbonyl (C=O) groups is 1. The standard InChI is InChI=1S/C27H28ClNO3/c1-18(14-27(30)29-13-12-19-6-4-3-5-7-19)22-15-23-24(20-8-10-21(28)11-9-20)17-32-26(23)16-25(22)31-2/h6,8-11,14-17H,3-5,7,12-13H2,1-2H3,(H,29,30)/b18-14+. The summed E-state index contributed by atoms with van der Waals surface area (Å²) in [6.45, 7) is 2.59. The van der Waals surface area contributed by atoms with Gasteiger partial charge in [0.1, 0.15) is 11.3 Å². The third kappa shape index (κ3) is 5.08. The summed E-state index contributed by atoms with van der Waals surface area (Å²) in [6.07, 6.45) is 11.5. The van der Waals surface area contributed by atoms with Crippen molar-refractivity contribution >= 4 is 34.1 Å². The molecule has 1 aliphatic carbocycles. The Morgan fingerprint density at radius 1 is 1.22 bits per heavy atom. The van der Waals surface area contributed by atoms with E-state index in [1.54, 1.807) is 19.4 Å². The van der Waals surface area contributed by atoms with E-state index in [-0.39, 0.29) is 5.91 Å². The molecular formula is C27H28ClNO3. The third-order valence-electron chi connectivity index (χ3n) is 5.95. The Bertz CT molecular complexity index is 1170. The molecule has 3 aromatic rings. The summed E-state index contributed by atoms with van der Waals surface area (Å²) in [7, 11) is 1.62. The fraction of sp³-hybridized carbons (Fsp3) is 0.296. The highest BCUT2D eigenvalue weighted by Gasteiger charge is 2.15. The zero-order valence-electron chi connectivity index (χ0n) is 18.5. The van der Waals surface area contributed by atoms with E-state index in [0.717, 1.165) is 52.5 Å². The fourth-order valence-corrected chi connectivity index (χ4v) is 4.31. The molecular weight excluding hydrogens is 422 g/mol. The van der Waals surface area contributed by atoms with Gasteiger partial charge < -0.3 is 14.5 Å². The highest BCUT2D eigenvalue weighted by Crippen LogP contribution is 2.37. The molecule has 0 bridgehead atoms. The monoisotopic (exact) mass is 449 g/mol. The number of benzene rings is 2. The number of hydrogen-bond donors (Lipinski definition) is 1. The second-order valence-electron chi connectivity index (χ2n) is 8.18. The summed E-state index contributed by atoms with van der Waals surface area (Å²) in [5.74, 6) is 0.578. The summed E-state index contributed by atoms with van der Waals surface area (Å²) in [6, 6.07) is 11.5. The summed E-state index contributed by atoms with van der Waals surface area (Å²) in [4.78, 5) is 12.5. The first kappa shape index (κ1) is 22.2. The number of hydrogen-bond acceptors (Lipinski definition) is 3. The van der Waals surface area contributed by atoms with Crippen molar-refractivity contribution in [2.45, 2.75) is 39.0 Å². The van der Waals surface area contributed by atoms with Crippen LogP contribution in [0.1, 0.15) is 44.6 Å². The zero-order valence-corrected chi connectivity index (χ0v) is 19.3. The molecule has 1 N–H and O–H groups in total. The SMILES string of the molecule is COc1cc2occ(-c3ccc(Cl)cc3)c2cc1/C(C)=C/C(=O)NCCC1=CCCCC1. The van der Waals surface area contributed by atoms with Crippen molar-refractivity contribution in [3.8, 4) is 16.9 Å². The number of rotatable bonds is 7. The molecule has 4 nitrogen and oxygen atoms in total. The van der Waals surface area contributed by atoms with Crippen molar-refractivity contribution in [1.29, 1.82) is 0 Å². The van der Waals surface area contributed by atoms with Crippen LogP contribution in [0.3, 0.4) is 0 Å². The summed E-state index contributed by atoms with van der Waals surface area (Å²) < 4.78 is 11.4. The van der Waals surface area contributed by atoms with Crippen LogP contribution in [0.2, 0.25) is 5.02 Å². The number of methoxy groups -OCH3 is 1. The van der Waals surface area contributed by atoms with Crippen LogP contribution in [0.5, 0.6) is 5.75 Å². The van der Waals surface area contributed by atoms with Crippen molar-refractivity contribution in [2.75, 3.05) is 13.7 Å². The van der Waals surface area contributed by atoms with Crippen molar-refractivity contribution in [3.05, 3.63) is 71.0 Å². The van der Waals surface area contributed by atoms with Gasteiger partial charge in [0.05, 0.1) is 13.4 Å². The Morgan fingerprint density at radius 2 is 2.03 bits per heavy atom. The predicted octanol–water partition coefficient (Wildman–Crippen LogP) is 7.17. The molecule has 0 radical (unpaired) electrons. The Labute approximate surface area is 193 Å². The maximum Gasteiger partial charge on any atom is 0.244 e. The van der Waals surface area contributed by atoms with E-state index in [9.17, 15) is 4.79 Å². The second kappa shape index (κ2) is 10.1. The minimum atomic E-state index is -0.0915. The number of fused-ring (bicyclic) bond motifs is 1. The van der Waals surface area contributed by atoms with Gasteiger partial charge in [-0.2, -0.15) is 0 Å². The van der Waals surface area contributed by atoms with Crippen LogP contribution >= 0.6 is 11.6 Å². The lowest BCUT2D eigenvalue weighted by Gasteiger charge is -2.13. The topological polar surface area (TPSA) is 51.5 Å². The molecule has 32 heavy (non-hydrogen) atoms. The Morgan fingerprint density at radius 3 is 2.75 bits per heavy atom. The van der Waals surface area contributed by atoms with Gasteiger partial charge in [-0.05, 0) is 68.4 Å². The highest BCUT2D eigenvalue weighted by molar-refractivity contribution is 6.30. The summed E-state index contributed by atoms with van der Waals surface area (Å²) >= 11 is 6.04. The lowest BCUT2D eigenvalue weighted by atomic mass is 9.97. The van der Waals surface area contributed by atoms with Gasteiger partial charge in [0.2, 0.25) is 5.91 Å². The maximum absolute atomic E-state index is 12.5. The lowest BCUT2D eigenvalue weighted by molar-refractivity contribution is -0.116. The molecule has 0 atom stereocenters. The van der Waals surface area contributed by atoms with Crippen molar-refractivity contribution in [3.63, 3.8) is 0 Å². The van der Waals surface area contributed by atoms with Crippen LogP contribution in [0.25, 0.3) is 27.7 Å². The number of ether oxygens (including phenoxy) is 1. The first-order valence-electron chi connectivity index (χ1n) is 11.0. The lowest BCUT2D eigenvalue weighted by Crippen LogP contribution is -2.23. The van der Waals surface area contributed by atoms with E-state index in [0.29, 0.717) is 17.3 Å². The van der Waals surface area contributed by atoms with Crippen molar-refractivity contribution in [2.24, 2.45) is 0 Å². The van der Waals surface area contributed by atoms with E-state index in [4.69, 9.17) is 20.8 Å². The van der Waals surface area contributed by atoms with Crippen LogP contribution in [-0.4, -0.2) is 19.6 Å². The summed E-state index contributed by atoms with van der Waals surface area (Å²) in [5.41, 5.74) is 5.87. The number of furan rings is 1. The Hall–Kier alpha value is -2.98. The second-order valence-corrected chi connectivity index (χ2v) is 8.62. The van der Waals surface area contributed by atoms with E-state index < -0.39 is 0 Å². The molecule has 0 unspecified atom stereocenters. The van der Waals surface area contributed by atoms with Gasteiger partial charge >= 0.3 is 0 Å². The average Bonchev–Trinajstić information content (AvgIpc) is 3.22. The Kier molecular flexibility index (Phi) is 7.01. The molecule has 1 amide bonds. The molecule has 1 aromatic heterocycles. The van der Waals surface area contributed by atoms with E-state index >= 15 is 0 Å². The maximum atomic E-state index is 12.5. The molecule has 0 aliphatic heterocycles. The molecule has 0 spiro atoms. The van der Waals surface area contributed by atoms with E-state index in [2.05, 4.69) is 11.4 Å². The molecule has 166 valence electrons. The number of allylic oxidation sites excluding steroid dienone is 2. The van der Waals surface area contributed by atoms with Crippen molar-refractivity contribution in [1.82, 2.24) is 5.32 Å². The van der Waals surface area contributed by atoms with Crippen LogP contribution in [0.4, 0.5) is 0 Å². The molecule has 5 heteroatoms. The van der Waals surface area contributed by atoms with Crippen LogP contribution in [0, 0.1) is 0 Å². The van der Waals surface area contributed by atoms with Gasteiger partial charge in [-0.3, -0.25) is 4.79 Å². The number of nitrogens with one attached hydrogen (secondary N) is 1. The number of amides is 1. The first-order chi connectivity index (χ1) is 15.5. The van der Waals surface area contributed by atoms with Gasteiger partial charge in [-0.15, -0.1) is 0 Å². The molecule has 0 saturated carbocycles.